The van der Waals surface area contributed by atoms with E-state index in [1.54, 1.807) is 27.7 Å². The third kappa shape index (κ3) is 11.9. The molecule has 5 amide bonds. The molecule has 0 saturated heterocycles. The van der Waals surface area contributed by atoms with E-state index in [2.05, 4.69) is 21.3 Å². The standard InChI is InChI=1S/C25H49N7O5/c1-8-15(6)18(27)24(36)30-17(11-9-10-12-26)23(35)32-20(14(4)5)25(37)29-16(7)22(34)31-19(13(2)3)21(28)33/h13-20H,8-12,26-27H2,1-7H3,(H2,28,33)(H,29,37)(H,30,36)(H,31,34)(H,32,35). The molecule has 0 aliphatic rings. The first-order chi connectivity index (χ1) is 17.2. The van der Waals surface area contributed by atoms with Gasteiger partial charge in [0, 0.05) is 0 Å². The molecule has 6 atom stereocenters. The Balaban J connectivity index is 5.45. The molecule has 0 aromatic heterocycles. The van der Waals surface area contributed by atoms with Crippen LogP contribution in [-0.2, 0) is 24.0 Å². The van der Waals surface area contributed by atoms with Gasteiger partial charge in [-0.15, -0.1) is 0 Å². The summed E-state index contributed by atoms with van der Waals surface area (Å²) in [5.41, 5.74) is 17.0. The van der Waals surface area contributed by atoms with Gasteiger partial charge in [0.05, 0.1) is 6.04 Å². The number of hydrogen-bond acceptors (Lipinski definition) is 7. The molecule has 0 rings (SSSR count). The van der Waals surface area contributed by atoms with Crippen LogP contribution in [0.15, 0.2) is 0 Å². The van der Waals surface area contributed by atoms with Gasteiger partial charge in [0.1, 0.15) is 24.2 Å². The van der Waals surface area contributed by atoms with Crippen LogP contribution in [0.3, 0.4) is 0 Å². The molecule has 0 aliphatic carbocycles. The molecule has 0 fully saturated rings. The number of amides is 5. The Morgan fingerprint density at radius 3 is 1.70 bits per heavy atom. The topological polar surface area (TPSA) is 212 Å². The summed E-state index contributed by atoms with van der Waals surface area (Å²) in [7, 11) is 0. The minimum absolute atomic E-state index is 0.0700. The van der Waals surface area contributed by atoms with Crippen molar-refractivity contribution in [2.75, 3.05) is 6.54 Å². The third-order valence-electron chi connectivity index (χ3n) is 6.41. The number of rotatable bonds is 17. The highest BCUT2D eigenvalue weighted by atomic mass is 16.2. The Kier molecular flexibility index (Phi) is 15.7. The summed E-state index contributed by atoms with van der Waals surface area (Å²) < 4.78 is 0. The van der Waals surface area contributed by atoms with Crippen molar-refractivity contribution < 1.29 is 24.0 Å². The fourth-order valence-corrected chi connectivity index (χ4v) is 3.54. The summed E-state index contributed by atoms with van der Waals surface area (Å²) in [6, 6.07) is -4.51. The van der Waals surface area contributed by atoms with E-state index >= 15 is 0 Å². The van der Waals surface area contributed by atoms with Crippen LogP contribution < -0.4 is 38.5 Å². The van der Waals surface area contributed by atoms with Gasteiger partial charge in [0.2, 0.25) is 29.5 Å². The summed E-state index contributed by atoms with van der Waals surface area (Å²) in [5.74, 6) is -3.42. The molecule has 0 aromatic carbocycles. The molecule has 10 N–H and O–H groups in total. The van der Waals surface area contributed by atoms with E-state index in [-0.39, 0.29) is 17.8 Å². The minimum atomic E-state index is -0.986. The van der Waals surface area contributed by atoms with Crippen LogP contribution in [0.1, 0.15) is 74.1 Å². The zero-order chi connectivity index (χ0) is 28.9. The van der Waals surface area contributed by atoms with Crippen LogP contribution in [-0.4, -0.2) is 66.3 Å². The van der Waals surface area contributed by atoms with Gasteiger partial charge in [-0.2, -0.15) is 0 Å². The number of carbonyl (C=O) groups is 5. The fourth-order valence-electron chi connectivity index (χ4n) is 3.54. The monoisotopic (exact) mass is 527 g/mol. The lowest BCUT2D eigenvalue weighted by atomic mass is 9.98. The van der Waals surface area contributed by atoms with E-state index in [0.29, 0.717) is 32.2 Å². The molecule has 214 valence electrons. The van der Waals surface area contributed by atoms with Crippen molar-refractivity contribution in [3.05, 3.63) is 0 Å². The van der Waals surface area contributed by atoms with Gasteiger partial charge < -0.3 is 38.5 Å². The molecule has 0 saturated carbocycles. The maximum atomic E-state index is 13.2. The molecule has 0 spiro atoms. The predicted molar refractivity (Wildman–Crippen MR) is 143 cm³/mol. The molecule has 0 bridgehead atoms. The van der Waals surface area contributed by atoms with Crippen molar-refractivity contribution >= 4 is 29.5 Å². The Bertz CT molecular complexity index is 775. The second-order valence-corrected chi connectivity index (χ2v) is 10.4. The van der Waals surface area contributed by atoms with Gasteiger partial charge in [0.15, 0.2) is 0 Å². The van der Waals surface area contributed by atoms with E-state index in [1.807, 2.05) is 13.8 Å². The highest BCUT2D eigenvalue weighted by Gasteiger charge is 2.32. The van der Waals surface area contributed by atoms with Gasteiger partial charge in [-0.25, -0.2) is 0 Å². The van der Waals surface area contributed by atoms with Crippen LogP contribution in [0.4, 0.5) is 0 Å². The minimum Gasteiger partial charge on any atom is -0.368 e. The molecule has 0 aromatic rings. The van der Waals surface area contributed by atoms with Crippen molar-refractivity contribution in [1.82, 2.24) is 21.3 Å². The van der Waals surface area contributed by atoms with Gasteiger partial charge >= 0.3 is 0 Å². The number of unbranched alkanes of at least 4 members (excludes halogenated alkanes) is 1. The van der Waals surface area contributed by atoms with Crippen LogP contribution in [0, 0.1) is 17.8 Å². The Morgan fingerprint density at radius 2 is 1.24 bits per heavy atom. The van der Waals surface area contributed by atoms with Gasteiger partial charge in [0.25, 0.3) is 0 Å². The number of carbonyl (C=O) groups excluding carboxylic acids is 5. The van der Waals surface area contributed by atoms with E-state index in [0.717, 1.165) is 0 Å². The molecular formula is C25H49N7O5. The van der Waals surface area contributed by atoms with Crippen LogP contribution >= 0.6 is 0 Å². The summed E-state index contributed by atoms with van der Waals surface area (Å²) in [6.07, 6.45) is 2.30. The zero-order valence-electron chi connectivity index (χ0n) is 23.4. The quantitative estimate of drug-likeness (QED) is 0.120. The Morgan fingerprint density at radius 1 is 0.703 bits per heavy atom. The SMILES string of the molecule is CCC(C)C(N)C(=O)NC(CCCCN)C(=O)NC(C(=O)NC(C)C(=O)NC(C(N)=O)C(C)C)C(C)C. The van der Waals surface area contributed by atoms with Gasteiger partial charge in [-0.05, 0) is 50.5 Å². The Labute approximate surface area is 221 Å². The van der Waals surface area contributed by atoms with Crippen LogP contribution in [0.5, 0.6) is 0 Å². The van der Waals surface area contributed by atoms with Gasteiger partial charge in [-0.1, -0.05) is 48.0 Å². The molecule has 12 heteroatoms. The first-order valence-electron chi connectivity index (χ1n) is 13.1. The van der Waals surface area contributed by atoms with Crippen molar-refractivity contribution in [1.29, 1.82) is 0 Å². The van der Waals surface area contributed by atoms with E-state index in [4.69, 9.17) is 17.2 Å². The summed E-state index contributed by atoms with van der Waals surface area (Å²) in [6.45, 7) is 12.7. The summed E-state index contributed by atoms with van der Waals surface area (Å²) in [4.78, 5) is 63.0. The van der Waals surface area contributed by atoms with Crippen LogP contribution in [0.2, 0.25) is 0 Å². The second kappa shape index (κ2) is 16.9. The van der Waals surface area contributed by atoms with E-state index < -0.39 is 59.7 Å². The highest BCUT2D eigenvalue weighted by molar-refractivity contribution is 5.95. The van der Waals surface area contributed by atoms with Crippen molar-refractivity contribution in [2.45, 2.75) is 104 Å². The largest absolute Gasteiger partial charge is 0.368 e. The first kappa shape index (κ1) is 34.3. The smallest absolute Gasteiger partial charge is 0.243 e. The third-order valence-corrected chi connectivity index (χ3v) is 6.41. The second-order valence-electron chi connectivity index (χ2n) is 10.4. The van der Waals surface area contributed by atoms with E-state index in [1.165, 1.54) is 6.92 Å². The van der Waals surface area contributed by atoms with Gasteiger partial charge in [-0.3, -0.25) is 24.0 Å². The maximum Gasteiger partial charge on any atom is 0.243 e. The van der Waals surface area contributed by atoms with Crippen LogP contribution in [0.25, 0.3) is 0 Å². The molecular weight excluding hydrogens is 478 g/mol. The zero-order valence-corrected chi connectivity index (χ0v) is 23.4. The number of hydrogen-bond donors (Lipinski definition) is 7. The molecule has 0 radical (unpaired) electrons. The van der Waals surface area contributed by atoms with Crippen molar-refractivity contribution in [3.8, 4) is 0 Å². The summed E-state index contributed by atoms with van der Waals surface area (Å²) in [5, 5.41) is 10.5. The van der Waals surface area contributed by atoms with Crippen molar-refractivity contribution in [3.63, 3.8) is 0 Å². The average Bonchev–Trinajstić information content (AvgIpc) is 2.82. The molecule has 12 nitrogen and oxygen atoms in total. The number of primary amides is 1. The lowest BCUT2D eigenvalue weighted by Crippen LogP contribution is -2.59. The highest BCUT2D eigenvalue weighted by Crippen LogP contribution is 2.09. The van der Waals surface area contributed by atoms with E-state index in [9.17, 15) is 24.0 Å². The first-order valence-corrected chi connectivity index (χ1v) is 13.1. The molecule has 6 unspecified atom stereocenters. The van der Waals surface area contributed by atoms with Crippen molar-refractivity contribution in [2.24, 2.45) is 35.0 Å². The fraction of sp³-hybridized carbons (Fsp3) is 0.800. The molecule has 37 heavy (non-hydrogen) atoms. The Hall–Kier alpha value is -2.73. The number of nitrogens with one attached hydrogen (secondary N) is 4. The predicted octanol–water partition coefficient (Wildman–Crippen LogP) is -0.755. The normalized spacial score (nSPS) is 16.2. The summed E-state index contributed by atoms with van der Waals surface area (Å²) >= 11 is 0. The molecule has 0 aliphatic heterocycles. The number of nitrogens with two attached hydrogens (primary N) is 3. The lowest BCUT2D eigenvalue weighted by molar-refractivity contribution is -0.135. The lowest BCUT2D eigenvalue weighted by Gasteiger charge is -2.28. The average molecular weight is 528 g/mol. The molecule has 0 heterocycles. The maximum absolute atomic E-state index is 13.2.